The average Bonchev–Trinajstić information content (AvgIpc) is 2.94. The Labute approximate surface area is 167 Å². The minimum Gasteiger partial charge on any atom is -0.478 e. The number of fused-ring (bicyclic) bond motifs is 1. The normalized spacial score (nSPS) is 10.9. The molecule has 0 aliphatic heterocycles. The zero-order valence-corrected chi connectivity index (χ0v) is 16.4. The summed E-state index contributed by atoms with van der Waals surface area (Å²) in [4.78, 5) is 25.7. The van der Waals surface area contributed by atoms with Crippen LogP contribution in [-0.4, -0.2) is 56.1 Å². The molecule has 8 heteroatoms. The van der Waals surface area contributed by atoms with Crippen molar-refractivity contribution < 1.29 is 25.0 Å². The van der Waals surface area contributed by atoms with E-state index in [2.05, 4.69) is 23.2 Å². The van der Waals surface area contributed by atoms with E-state index in [0.29, 0.717) is 24.5 Å². The molecule has 1 heterocycles. The minimum absolute atomic E-state index is 0.558. The second-order valence-electron chi connectivity index (χ2n) is 6.55. The van der Waals surface area contributed by atoms with E-state index in [1.807, 2.05) is 50.2 Å². The van der Waals surface area contributed by atoms with Gasteiger partial charge in [-0.2, -0.15) is 4.73 Å². The van der Waals surface area contributed by atoms with Crippen molar-refractivity contribution >= 4 is 22.7 Å². The number of carbonyl (C=O) groups is 2. The number of aliphatic carboxylic acids is 2. The highest BCUT2D eigenvalue weighted by Crippen LogP contribution is 2.29. The number of hydrogen-bond donors (Lipinski definition) is 3. The van der Waals surface area contributed by atoms with Crippen molar-refractivity contribution in [1.29, 1.82) is 0 Å². The van der Waals surface area contributed by atoms with E-state index in [4.69, 9.17) is 10.2 Å². The molecule has 0 radical (unpaired) electrons. The molecule has 0 saturated heterocycles. The maximum Gasteiger partial charge on any atom is 0.328 e. The first kappa shape index (κ1) is 21.6. The zero-order valence-electron chi connectivity index (χ0n) is 16.4. The Morgan fingerprint density at radius 1 is 1.03 bits per heavy atom. The van der Waals surface area contributed by atoms with E-state index < -0.39 is 11.9 Å². The molecule has 152 valence electrons. The molecule has 2 aromatic carbocycles. The molecule has 0 aliphatic carbocycles. The van der Waals surface area contributed by atoms with Crippen LogP contribution in [0.4, 0.5) is 0 Å². The van der Waals surface area contributed by atoms with Crippen molar-refractivity contribution in [2.24, 2.45) is 0 Å². The Kier molecular flexibility index (Phi) is 7.10. The molecule has 0 fully saturated rings. The molecule has 0 aliphatic rings. The SMILES string of the molecule is Cc1nc(-c2cccc3ccccc23)n(O)c1CN(C)C.O=C(O)C=CC(=O)O. The molecule has 0 amide bonds. The number of imidazole rings is 1. The van der Waals surface area contributed by atoms with E-state index in [1.54, 1.807) is 0 Å². The quantitative estimate of drug-likeness (QED) is 0.448. The van der Waals surface area contributed by atoms with Crippen molar-refractivity contribution in [2.75, 3.05) is 14.1 Å². The van der Waals surface area contributed by atoms with Gasteiger partial charge >= 0.3 is 11.9 Å². The number of nitrogens with zero attached hydrogens (tertiary/aromatic N) is 3. The van der Waals surface area contributed by atoms with Gasteiger partial charge in [-0.1, -0.05) is 42.5 Å². The van der Waals surface area contributed by atoms with Gasteiger partial charge in [0.05, 0.1) is 11.4 Å². The summed E-state index contributed by atoms with van der Waals surface area (Å²) >= 11 is 0. The molecule has 3 rings (SSSR count). The van der Waals surface area contributed by atoms with E-state index in [0.717, 1.165) is 27.7 Å². The second kappa shape index (κ2) is 9.52. The van der Waals surface area contributed by atoms with Gasteiger partial charge in [0.15, 0.2) is 5.82 Å². The van der Waals surface area contributed by atoms with Gasteiger partial charge in [0.1, 0.15) is 0 Å². The lowest BCUT2D eigenvalue weighted by molar-refractivity contribution is -0.134. The predicted molar refractivity (Wildman–Crippen MR) is 109 cm³/mol. The van der Waals surface area contributed by atoms with Crippen LogP contribution in [0.25, 0.3) is 22.2 Å². The van der Waals surface area contributed by atoms with Gasteiger partial charge in [-0.15, -0.1) is 0 Å². The Balaban J connectivity index is 0.000000321. The molecule has 0 atom stereocenters. The largest absolute Gasteiger partial charge is 0.478 e. The molecule has 0 spiro atoms. The monoisotopic (exact) mass is 397 g/mol. The third-order valence-electron chi connectivity index (χ3n) is 4.01. The lowest BCUT2D eigenvalue weighted by atomic mass is 10.0. The first-order chi connectivity index (χ1) is 13.7. The van der Waals surface area contributed by atoms with Gasteiger partial charge in [-0.05, 0) is 31.8 Å². The zero-order chi connectivity index (χ0) is 21.6. The highest BCUT2D eigenvalue weighted by Gasteiger charge is 2.17. The third kappa shape index (κ3) is 5.66. The summed E-state index contributed by atoms with van der Waals surface area (Å²) in [6.45, 7) is 2.58. The number of carboxylic acid groups (broad SMARTS) is 2. The number of benzene rings is 2. The summed E-state index contributed by atoms with van der Waals surface area (Å²) in [5.41, 5.74) is 2.63. The third-order valence-corrected chi connectivity index (χ3v) is 4.01. The van der Waals surface area contributed by atoms with E-state index in [9.17, 15) is 14.8 Å². The summed E-state index contributed by atoms with van der Waals surface area (Å²) in [6.07, 6.45) is 1.12. The molecule has 0 bridgehead atoms. The predicted octanol–water partition coefficient (Wildman–Crippen LogP) is 3.02. The molecule has 1 aromatic heterocycles. The molecular formula is C21H23N3O5. The van der Waals surface area contributed by atoms with Crippen LogP contribution in [0.3, 0.4) is 0 Å². The highest BCUT2D eigenvalue weighted by atomic mass is 16.5. The maximum absolute atomic E-state index is 10.5. The molecule has 0 saturated carbocycles. The molecule has 3 aromatic rings. The Morgan fingerprint density at radius 2 is 1.62 bits per heavy atom. The summed E-state index contributed by atoms with van der Waals surface area (Å²) in [6, 6.07) is 14.2. The summed E-state index contributed by atoms with van der Waals surface area (Å²) in [7, 11) is 3.95. The van der Waals surface area contributed by atoms with Gasteiger partial charge in [0.25, 0.3) is 0 Å². The van der Waals surface area contributed by atoms with E-state index >= 15 is 0 Å². The van der Waals surface area contributed by atoms with Crippen molar-refractivity contribution in [3.8, 4) is 11.4 Å². The van der Waals surface area contributed by atoms with Crippen molar-refractivity contribution in [2.45, 2.75) is 13.5 Å². The van der Waals surface area contributed by atoms with Crippen molar-refractivity contribution in [3.63, 3.8) is 0 Å². The van der Waals surface area contributed by atoms with Gasteiger partial charge in [-0.3, -0.25) is 0 Å². The second-order valence-corrected chi connectivity index (χ2v) is 6.55. The first-order valence-corrected chi connectivity index (χ1v) is 8.75. The molecule has 3 N–H and O–H groups in total. The lowest BCUT2D eigenvalue weighted by Gasteiger charge is -2.11. The van der Waals surface area contributed by atoms with E-state index in [1.165, 1.54) is 4.73 Å². The fourth-order valence-corrected chi connectivity index (χ4v) is 2.77. The standard InChI is InChI=1S/C17H19N3O.C4H4O4/c1-12-16(11-19(2)3)20(21)17(18-12)15-10-6-8-13-7-4-5-9-14(13)15;5-3(6)1-2-4(7)8/h4-10,21H,11H2,1-3H3;1-2H,(H,5,6)(H,7,8). The summed E-state index contributed by atoms with van der Waals surface area (Å²) in [5.74, 6) is -1.92. The Hall–Kier alpha value is -3.65. The van der Waals surface area contributed by atoms with Crippen LogP contribution < -0.4 is 0 Å². The lowest BCUT2D eigenvalue weighted by Crippen LogP contribution is -2.14. The Morgan fingerprint density at radius 3 is 2.21 bits per heavy atom. The van der Waals surface area contributed by atoms with Crippen LogP contribution in [0.1, 0.15) is 11.4 Å². The maximum atomic E-state index is 10.5. The van der Waals surface area contributed by atoms with Gasteiger partial charge in [-0.25, -0.2) is 14.6 Å². The average molecular weight is 397 g/mol. The molecule has 0 unspecified atom stereocenters. The molecule has 29 heavy (non-hydrogen) atoms. The van der Waals surface area contributed by atoms with Crippen LogP contribution >= 0.6 is 0 Å². The van der Waals surface area contributed by atoms with E-state index in [-0.39, 0.29) is 0 Å². The summed E-state index contributed by atoms with van der Waals surface area (Å²) < 4.78 is 1.22. The van der Waals surface area contributed by atoms with Gasteiger partial charge in [0.2, 0.25) is 0 Å². The topological polar surface area (TPSA) is 116 Å². The number of hydrogen-bond acceptors (Lipinski definition) is 5. The minimum atomic E-state index is -1.26. The van der Waals surface area contributed by atoms with Crippen LogP contribution in [0.5, 0.6) is 0 Å². The first-order valence-electron chi connectivity index (χ1n) is 8.75. The van der Waals surface area contributed by atoms with Crippen molar-refractivity contribution in [1.82, 2.24) is 14.6 Å². The number of aryl methyl sites for hydroxylation is 1. The fourth-order valence-electron chi connectivity index (χ4n) is 2.77. The van der Waals surface area contributed by atoms with Crippen molar-refractivity contribution in [3.05, 3.63) is 66.0 Å². The Bertz CT molecular complexity index is 1030. The number of aromatic nitrogens is 2. The van der Waals surface area contributed by atoms with Crippen LogP contribution in [0.2, 0.25) is 0 Å². The number of carboxylic acids is 2. The fraction of sp³-hybridized carbons (Fsp3) is 0.190. The number of rotatable bonds is 5. The van der Waals surface area contributed by atoms with Crippen LogP contribution in [0.15, 0.2) is 54.6 Å². The smallest absolute Gasteiger partial charge is 0.328 e. The van der Waals surface area contributed by atoms with Gasteiger partial charge in [0, 0.05) is 24.3 Å². The van der Waals surface area contributed by atoms with Gasteiger partial charge < -0.3 is 20.3 Å². The molecule has 8 nitrogen and oxygen atoms in total. The summed E-state index contributed by atoms with van der Waals surface area (Å²) in [5, 5.41) is 28.4. The van der Waals surface area contributed by atoms with Crippen LogP contribution in [-0.2, 0) is 16.1 Å². The molecular weight excluding hydrogens is 374 g/mol. The highest BCUT2D eigenvalue weighted by molar-refractivity contribution is 5.95. The van der Waals surface area contributed by atoms with Crippen LogP contribution in [0, 0.1) is 6.92 Å².